The van der Waals surface area contributed by atoms with E-state index in [1.807, 2.05) is 6.07 Å². The SMILES string of the molecule is CO[C@@H]1CCCC[C@@]1(OC)c1ccccc1. The number of hydrogen-bond donors (Lipinski definition) is 0. The van der Waals surface area contributed by atoms with Crippen molar-refractivity contribution in [2.24, 2.45) is 0 Å². The Morgan fingerprint density at radius 2 is 1.88 bits per heavy atom. The Bertz CT molecular complexity index is 323. The first-order chi connectivity index (χ1) is 7.83. The fourth-order valence-corrected chi connectivity index (χ4v) is 2.82. The van der Waals surface area contributed by atoms with Crippen molar-refractivity contribution in [2.75, 3.05) is 14.2 Å². The molecule has 1 aromatic rings. The first kappa shape index (κ1) is 11.6. The summed E-state index contributed by atoms with van der Waals surface area (Å²) in [5, 5.41) is 0. The van der Waals surface area contributed by atoms with Gasteiger partial charge >= 0.3 is 0 Å². The Kier molecular flexibility index (Phi) is 3.62. The molecule has 0 N–H and O–H groups in total. The van der Waals surface area contributed by atoms with Gasteiger partial charge in [0.05, 0.1) is 6.10 Å². The molecule has 2 heteroatoms. The summed E-state index contributed by atoms with van der Waals surface area (Å²) in [5.41, 5.74) is 0.998. The normalized spacial score (nSPS) is 30.2. The van der Waals surface area contributed by atoms with Gasteiger partial charge in [0.1, 0.15) is 5.60 Å². The van der Waals surface area contributed by atoms with Gasteiger partial charge in [-0.2, -0.15) is 0 Å². The molecule has 88 valence electrons. The smallest absolute Gasteiger partial charge is 0.119 e. The lowest BCUT2D eigenvalue weighted by atomic mass is 9.77. The van der Waals surface area contributed by atoms with E-state index in [9.17, 15) is 0 Å². The van der Waals surface area contributed by atoms with Crippen LogP contribution in [0.5, 0.6) is 0 Å². The minimum Gasteiger partial charge on any atom is -0.378 e. The van der Waals surface area contributed by atoms with Crippen LogP contribution in [-0.2, 0) is 15.1 Å². The number of ether oxygens (including phenoxy) is 2. The van der Waals surface area contributed by atoms with E-state index in [1.54, 1.807) is 14.2 Å². The highest BCUT2D eigenvalue weighted by Crippen LogP contribution is 2.41. The second-order valence-electron chi connectivity index (χ2n) is 4.43. The van der Waals surface area contributed by atoms with Crippen LogP contribution in [-0.4, -0.2) is 20.3 Å². The summed E-state index contributed by atoms with van der Waals surface area (Å²) in [7, 11) is 3.58. The molecule has 0 radical (unpaired) electrons. The molecular weight excluding hydrogens is 200 g/mol. The van der Waals surface area contributed by atoms with Crippen LogP contribution in [0.25, 0.3) is 0 Å². The monoisotopic (exact) mass is 220 g/mol. The topological polar surface area (TPSA) is 18.5 Å². The molecule has 0 amide bonds. The third kappa shape index (κ3) is 1.87. The molecule has 0 aromatic heterocycles. The van der Waals surface area contributed by atoms with Crippen molar-refractivity contribution in [1.82, 2.24) is 0 Å². The van der Waals surface area contributed by atoms with E-state index < -0.39 is 0 Å². The second-order valence-corrected chi connectivity index (χ2v) is 4.43. The molecule has 0 unspecified atom stereocenters. The molecule has 1 saturated carbocycles. The molecule has 16 heavy (non-hydrogen) atoms. The Morgan fingerprint density at radius 1 is 1.12 bits per heavy atom. The summed E-state index contributed by atoms with van der Waals surface area (Å²) in [6.45, 7) is 0. The molecule has 1 fully saturated rings. The molecule has 2 nitrogen and oxygen atoms in total. The molecule has 0 spiro atoms. The van der Waals surface area contributed by atoms with E-state index >= 15 is 0 Å². The van der Waals surface area contributed by atoms with Crippen LogP contribution >= 0.6 is 0 Å². The third-order valence-corrected chi connectivity index (χ3v) is 3.70. The van der Waals surface area contributed by atoms with Gasteiger partial charge in [-0.05, 0) is 18.4 Å². The van der Waals surface area contributed by atoms with Crippen LogP contribution < -0.4 is 0 Å². The zero-order valence-corrected chi connectivity index (χ0v) is 10.1. The number of hydrogen-bond acceptors (Lipinski definition) is 2. The molecule has 0 saturated heterocycles. The van der Waals surface area contributed by atoms with E-state index in [-0.39, 0.29) is 11.7 Å². The van der Waals surface area contributed by atoms with Gasteiger partial charge in [-0.1, -0.05) is 43.2 Å². The maximum absolute atomic E-state index is 5.84. The van der Waals surface area contributed by atoms with Gasteiger partial charge in [0.2, 0.25) is 0 Å². The predicted octanol–water partition coefficient (Wildman–Crippen LogP) is 3.12. The highest BCUT2D eigenvalue weighted by atomic mass is 16.5. The highest BCUT2D eigenvalue weighted by Gasteiger charge is 2.42. The average molecular weight is 220 g/mol. The lowest BCUT2D eigenvalue weighted by Gasteiger charge is -2.42. The van der Waals surface area contributed by atoms with E-state index in [1.165, 1.54) is 18.4 Å². The van der Waals surface area contributed by atoms with Gasteiger partial charge in [0, 0.05) is 14.2 Å². The van der Waals surface area contributed by atoms with E-state index in [2.05, 4.69) is 24.3 Å². The van der Waals surface area contributed by atoms with Gasteiger partial charge in [0.25, 0.3) is 0 Å². The van der Waals surface area contributed by atoms with Crippen molar-refractivity contribution < 1.29 is 9.47 Å². The molecular formula is C14H20O2. The summed E-state index contributed by atoms with van der Waals surface area (Å²) in [6, 6.07) is 10.5. The minimum absolute atomic E-state index is 0.175. The Morgan fingerprint density at radius 3 is 2.50 bits per heavy atom. The van der Waals surface area contributed by atoms with Crippen molar-refractivity contribution >= 4 is 0 Å². The first-order valence-electron chi connectivity index (χ1n) is 5.97. The van der Waals surface area contributed by atoms with Gasteiger partial charge in [0.15, 0.2) is 0 Å². The molecule has 2 rings (SSSR count). The van der Waals surface area contributed by atoms with Gasteiger partial charge < -0.3 is 9.47 Å². The molecule has 0 heterocycles. The van der Waals surface area contributed by atoms with E-state index in [4.69, 9.17) is 9.47 Å². The Hall–Kier alpha value is -0.860. The Labute approximate surface area is 97.6 Å². The molecule has 0 aliphatic heterocycles. The summed E-state index contributed by atoms with van der Waals surface area (Å²) in [6.07, 6.45) is 4.75. The Balaban J connectivity index is 2.36. The maximum atomic E-state index is 5.84. The van der Waals surface area contributed by atoms with Crippen LogP contribution in [0.3, 0.4) is 0 Å². The number of benzene rings is 1. The van der Waals surface area contributed by atoms with Crippen molar-refractivity contribution in [3.63, 3.8) is 0 Å². The highest BCUT2D eigenvalue weighted by molar-refractivity contribution is 5.25. The average Bonchev–Trinajstić information content (AvgIpc) is 2.39. The molecule has 1 aliphatic carbocycles. The largest absolute Gasteiger partial charge is 0.378 e. The molecule has 0 bridgehead atoms. The fourth-order valence-electron chi connectivity index (χ4n) is 2.82. The minimum atomic E-state index is -0.242. The molecule has 1 aliphatic rings. The van der Waals surface area contributed by atoms with E-state index in [0.29, 0.717) is 0 Å². The summed E-state index contributed by atoms with van der Waals surface area (Å²) >= 11 is 0. The fraction of sp³-hybridized carbons (Fsp3) is 0.571. The van der Waals surface area contributed by atoms with Gasteiger partial charge in [-0.25, -0.2) is 0 Å². The van der Waals surface area contributed by atoms with Crippen LogP contribution in [0.15, 0.2) is 30.3 Å². The van der Waals surface area contributed by atoms with Crippen molar-refractivity contribution in [1.29, 1.82) is 0 Å². The van der Waals surface area contributed by atoms with Crippen molar-refractivity contribution in [3.05, 3.63) is 35.9 Å². The summed E-state index contributed by atoms with van der Waals surface area (Å²) < 4.78 is 11.5. The van der Waals surface area contributed by atoms with Crippen molar-refractivity contribution in [3.8, 4) is 0 Å². The van der Waals surface area contributed by atoms with Crippen molar-refractivity contribution in [2.45, 2.75) is 37.4 Å². The quantitative estimate of drug-likeness (QED) is 0.779. The molecule has 2 atom stereocenters. The van der Waals surface area contributed by atoms with Gasteiger partial charge in [-0.3, -0.25) is 0 Å². The van der Waals surface area contributed by atoms with E-state index in [0.717, 1.165) is 12.8 Å². The second kappa shape index (κ2) is 4.98. The third-order valence-electron chi connectivity index (χ3n) is 3.70. The van der Waals surface area contributed by atoms with Gasteiger partial charge in [-0.15, -0.1) is 0 Å². The first-order valence-corrected chi connectivity index (χ1v) is 5.97. The summed E-state index contributed by atoms with van der Waals surface area (Å²) in [4.78, 5) is 0. The number of rotatable bonds is 3. The zero-order chi connectivity index (χ0) is 11.4. The van der Waals surface area contributed by atoms with Crippen LogP contribution in [0, 0.1) is 0 Å². The molecule has 1 aromatic carbocycles. The van der Waals surface area contributed by atoms with Crippen LogP contribution in [0.1, 0.15) is 31.2 Å². The lowest BCUT2D eigenvalue weighted by Crippen LogP contribution is -2.45. The van der Waals surface area contributed by atoms with Crippen LogP contribution in [0.2, 0.25) is 0 Å². The summed E-state index contributed by atoms with van der Waals surface area (Å²) in [5.74, 6) is 0. The standard InChI is InChI=1S/C14H20O2/c1-15-13-10-6-7-11-14(13,16-2)12-8-4-3-5-9-12/h3-5,8-9,13H,6-7,10-11H2,1-2H3/t13-,14-/m1/s1. The maximum Gasteiger partial charge on any atom is 0.119 e. The predicted molar refractivity (Wildman–Crippen MR) is 64.4 cm³/mol. The lowest BCUT2D eigenvalue weighted by molar-refractivity contribution is -0.144. The zero-order valence-electron chi connectivity index (χ0n) is 10.1. The number of methoxy groups -OCH3 is 2. The van der Waals surface area contributed by atoms with Crippen LogP contribution in [0.4, 0.5) is 0 Å².